The van der Waals surface area contributed by atoms with Crippen LogP contribution in [0.5, 0.6) is 0 Å². The zero-order valence-electron chi connectivity index (χ0n) is 13.1. The standard InChI is InChI=1S/C16H25N3O.2ClH/c1-14(13-17)16(20)19-11-9-18(10-12-19)8-7-15-5-3-2-4-6-15;;/h2-6,14H,7-13,17H2,1H3;2*1H. The smallest absolute Gasteiger partial charge is 0.226 e. The fourth-order valence-corrected chi connectivity index (χ4v) is 2.54. The Labute approximate surface area is 145 Å². The van der Waals surface area contributed by atoms with Crippen LogP contribution in [0.15, 0.2) is 30.3 Å². The minimum absolute atomic E-state index is 0. The molecule has 4 nitrogen and oxygen atoms in total. The van der Waals surface area contributed by atoms with E-state index >= 15 is 0 Å². The predicted octanol–water partition coefficient (Wildman–Crippen LogP) is 1.81. The molecule has 1 aromatic carbocycles. The molecule has 0 bridgehead atoms. The maximum absolute atomic E-state index is 12.0. The largest absolute Gasteiger partial charge is 0.340 e. The lowest BCUT2D eigenvalue weighted by atomic mass is 10.1. The molecule has 1 atom stereocenters. The highest BCUT2D eigenvalue weighted by molar-refractivity contribution is 5.85. The first-order chi connectivity index (χ1) is 9.70. The first-order valence-electron chi connectivity index (χ1n) is 7.46. The van der Waals surface area contributed by atoms with E-state index < -0.39 is 0 Å². The quantitative estimate of drug-likeness (QED) is 0.883. The van der Waals surface area contributed by atoms with Gasteiger partial charge in [-0.1, -0.05) is 37.3 Å². The van der Waals surface area contributed by atoms with Gasteiger partial charge in [0.25, 0.3) is 0 Å². The number of nitrogens with two attached hydrogens (primary N) is 1. The van der Waals surface area contributed by atoms with E-state index in [0.29, 0.717) is 6.54 Å². The average molecular weight is 348 g/mol. The lowest BCUT2D eigenvalue weighted by molar-refractivity contribution is -0.136. The van der Waals surface area contributed by atoms with Crippen LogP contribution >= 0.6 is 24.8 Å². The lowest BCUT2D eigenvalue weighted by Gasteiger charge is -2.35. The fourth-order valence-electron chi connectivity index (χ4n) is 2.54. The van der Waals surface area contributed by atoms with Crippen LogP contribution in [0.2, 0.25) is 0 Å². The first-order valence-corrected chi connectivity index (χ1v) is 7.46. The van der Waals surface area contributed by atoms with Crippen LogP contribution < -0.4 is 5.73 Å². The van der Waals surface area contributed by atoms with E-state index in [4.69, 9.17) is 5.73 Å². The normalized spacial score (nSPS) is 16.4. The van der Waals surface area contributed by atoms with Crippen LogP contribution in [0.4, 0.5) is 0 Å². The SMILES string of the molecule is CC(CN)C(=O)N1CCN(CCc2ccccc2)CC1.Cl.Cl. The van der Waals surface area contributed by atoms with Crippen LogP contribution in [0.3, 0.4) is 0 Å². The molecule has 1 amide bonds. The third-order valence-corrected chi connectivity index (χ3v) is 4.02. The zero-order valence-corrected chi connectivity index (χ0v) is 14.7. The molecule has 1 fully saturated rings. The Morgan fingerprint density at radius 3 is 2.27 bits per heavy atom. The van der Waals surface area contributed by atoms with Gasteiger partial charge in [0.05, 0.1) is 0 Å². The highest BCUT2D eigenvalue weighted by atomic mass is 35.5. The van der Waals surface area contributed by atoms with E-state index in [1.54, 1.807) is 0 Å². The molecule has 1 aliphatic heterocycles. The second-order valence-corrected chi connectivity index (χ2v) is 5.54. The van der Waals surface area contributed by atoms with Crippen LogP contribution in [-0.2, 0) is 11.2 Å². The van der Waals surface area contributed by atoms with Crippen molar-refractivity contribution in [2.24, 2.45) is 11.7 Å². The Morgan fingerprint density at radius 1 is 1.14 bits per heavy atom. The van der Waals surface area contributed by atoms with Crippen molar-refractivity contribution in [1.29, 1.82) is 0 Å². The molecule has 1 aromatic rings. The summed E-state index contributed by atoms with van der Waals surface area (Å²) < 4.78 is 0. The molecular formula is C16H27Cl2N3O. The van der Waals surface area contributed by atoms with Gasteiger partial charge in [0.1, 0.15) is 0 Å². The molecule has 22 heavy (non-hydrogen) atoms. The van der Waals surface area contributed by atoms with E-state index in [-0.39, 0.29) is 36.6 Å². The van der Waals surface area contributed by atoms with Crippen LogP contribution in [0.25, 0.3) is 0 Å². The monoisotopic (exact) mass is 347 g/mol. The van der Waals surface area contributed by atoms with E-state index in [0.717, 1.165) is 39.1 Å². The van der Waals surface area contributed by atoms with Gasteiger partial charge in [-0.3, -0.25) is 9.69 Å². The molecule has 0 aliphatic carbocycles. The number of carbonyl (C=O) groups excluding carboxylic acids is 1. The highest BCUT2D eigenvalue weighted by Crippen LogP contribution is 2.08. The summed E-state index contributed by atoms with van der Waals surface area (Å²) >= 11 is 0. The summed E-state index contributed by atoms with van der Waals surface area (Å²) in [7, 11) is 0. The number of rotatable bonds is 5. The van der Waals surface area contributed by atoms with E-state index in [2.05, 4.69) is 29.2 Å². The molecular weight excluding hydrogens is 321 g/mol. The third-order valence-electron chi connectivity index (χ3n) is 4.02. The van der Waals surface area contributed by atoms with Crippen LogP contribution in [0.1, 0.15) is 12.5 Å². The van der Waals surface area contributed by atoms with E-state index in [1.165, 1.54) is 5.56 Å². The van der Waals surface area contributed by atoms with Gasteiger partial charge < -0.3 is 10.6 Å². The van der Waals surface area contributed by atoms with Crippen LogP contribution in [0, 0.1) is 5.92 Å². The minimum Gasteiger partial charge on any atom is -0.340 e. The van der Waals surface area contributed by atoms with Crippen molar-refractivity contribution in [2.45, 2.75) is 13.3 Å². The molecule has 1 aliphatic rings. The van der Waals surface area contributed by atoms with Gasteiger partial charge in [0.2, 0.25) is 5.91 Å². The Kier molecular flexibility index (Phi) is 10.4. The Hall–Kier alpha value is -0.810. The van der Waals surface area contributed by atoms with Crippen molar-refractivity contribution in [3.05, 3.63) is 35.9 Å². The Balaban J connectivity index is 0.00000220. The maximum atomic E-state index is 12.0. The summed E-state index contributed by atoms with van der Waals surface area (Å²) in [5.41, 5.74) is 6.94. The highest BCUT2D eigenvalue weighted by Gasteiger charge is 2.23. The van der Waals surface area contributed by atoms with E-state index in [1.807, 2.05) is 17.9 Å². The number of hydrogen-bond acceptors (Lipinski definition) is 3. The second-order valence-electron chi connectivity index (χ2n) is 5.54. The van der Waals surface area contributed by atoms with Crippen molar-refractivity contribution in [2.75, 3.05) is 39.3 Å². The van der Waals surface area contributed by atoms with Gasteiger partial charge in [0, 0.05) is 45.2 Å². The molecule has 1 unspecified atom stereocenters. The molecule has 0 radical (unpaired) electrons. The molecule has 1 heterocycles. The summed E-state index contributed by atoms with van der Waals surface area (Å²) in [6.07, 6.45) is 1.08. The summed E-state index contributed by atoms with van der Waals surface area (Å²) in [6, 6.07) is 10.6. The van der Waals surface area contributed by atoms with Gasteiger partial charge in [-0.05, 0) is 12.0 Å². The molecule has 0 saturated carbocycles. The average Bonchev–Trinajstić information content (AvgIpc) is 2.53. The lowest BCUT2D eigenvalue weighted by Crippen LogP contribution is -2.51. The third kappa shape index (κ3) is 6.13. The molecule has 0 aromatic heterocycles. The van der Waals surface area contributed by atoms with Crippen molar-refractivity contribution >= 4 is 30.7 Å². The number of piperazine rings is 1. The molecule has 2 rings (SSSR count). The topological polar surface area (TPSA) is 49.6 Å². The first kappa shape index (κ1) is 21.2. The Morgan fingerprint density at radius 2 is 1.73 bits per heavy atom. The number of halogens is 2. The molecule has 0 spiro atoms. The van der Waals surface area contributed by atoms with Crippen molar-refractivity contribution in [3.63, 3.8) is 0 Å². The van der Waals surface area contributed by atoms with Gasteiger partial charge in [-0.15, -0.1) is 24.8 Å². The molecule has 1 saturated heterocycles. The van der Waals surface area contributed by atoms with Gasteiger partial charge >= 0.3 is 0 Å². The van der Waals surface area contributed by atoms with Crippen molar-refractivity contribution in [1.82, 2.24) is 9.80 Å². The molecule has 126 valence electrons. The number of benzene rings is 1. The number of nitrogens with zero attached hydrogens (tertiary/aromatic N) is 2. The predicted molar refractivity (Wildman–Crippen MR) is 95.9 cm³/mol. The van der Waals surface area contributed by atoms with Gasteiger partial charge in [0.15, 0.2) is 0 Å². The number of amides is 1. The molecule has 2 N–H and O–H groups in total. The second kappa shape index (κ2) is 10.8. The summed E-state index contributed by atoms with van der Waals surface area (Å²) in [4.78, 5) is 16.4. The van der Waals surface area contributed by atoms with Crippen LogP contribution in [-0.4, -0.2) is 55.0 Å². The van der Waals surface area contributed by atoms with Crippen molar-refractivity contribution < 1.29 is 4.79 Å². The summed E-state index contributed by atoms with van der Waals surface area (Å²) in [5, 5.41) is 0. The van der Waals surface area contributed by atoms with Gasteiger partial charge in [-0.25, -0.2) is 0 Å². The Bertz CT molecular complexity index is 423. The van der Waals surface area contributed by atoms with E-state index in [9.17, 15) is 4.79 Å². The fraction of sp³-hybridized carbons (Fsp3) is 0.562. The molecule has 6 heteroatoms. The number of carbonyl (C=O) groups is 1. The number of hydrogen-bond donors (Lipinski definition) is 1. The minimum atomic E-state index is -0.0501. The van der Waals surface area contributed by atoms with Crippen molar-refractivity contribution in [3.8, 4) is 0 Å². The zero-order chi connectivity index (χ0) is 14.4. The maximum Gasteiger partial charge on any atom is 0.226 e. The van der Waals surface area contributed by atoms with Gasteiger partial charge in [-0.2, -0.15) is 0 Å². The summed E-state index contributed by atoms with van der Waals surface area (Å²) in [5.74, 6) is 0.154. The summed E-state index contributed by atoms with van der Waals surface area (Å²) in [6.45, 7) is 7.01.